The van der Waals surface area contributed by atoms with Crippen molar-refractivity contribution in [1.82, 2.24) is 9.55 Å². The lowest BCUT2D eigenvalue weighted by atomic mass is 9.98. The van der Waals surface area contributed by atoms with E-state index in [1.807, 2.05) is 19.1 Å². The number of hydrogen-bond donors (Lipinski definition) is 1. The number of hydrogen-bond acceptors (Lipinski definition) is 4. The number of ether oxygens (including phenoxy) is 1. The maximum atomic E-state index is 13.2. The third-order valence-corrected chi connectivity index (χ3v) is 4.47. The molecule has 0 unspecified atom stereocenters. The highest BCUT2D eigenvalue weighted by Gasteiger charge is 2.20. The van der Waals surface area contributed by atoms with Crippen LogP contribution in [-0.4, -0.2) is 22.1 Å². The highest BCUT2D eigenvalue weighted by atomic mass is 16.5. The molecule has 0 amide bonds. The van der Waals surface area contributed by atoms with Crippen LogP contribution >= 0.6 is 0 Å². The topological polar surface area (TPSA) is 81.2 Å². The van der Waals surface area contributed by atoms with Gasteiger partial charge in [0.25, 0.3) is 5.56 Å². The Morgan fingerprint density at radius 2 is 1.81 bits per heavy atom. The van der Waals surface area contributed by atoms with E-state index in [1.165, 1.54) is 0 Å². The standard InChI is InChI=1S/C20H20N2O4/c1-5-26-19(24)16-12(3)10-14-17(13(16)4)18(23)22(20(25)21-14)15-9-7-6-8-11(15)2/h6-10H,5H2,1-4H3,(H,21,25). The molecule has 6 heteroatoms. The largest absolute Gasteiger partial charge is 0.462 e. The summed E-state index contributed by atoms with van der Waals surface area (Å²) in [6.07, 6.45) is 0. The molecule has 0 aliphatic rings. The Labute approximate surface area is 150 Å². The number of carbonyl (C=O) groups excluding carboxylic acids is 1. The van der Waals surface area contributed by atoms with Gasteiger partial charge in [-0.2, -0.15) is 0 Å². The normalized spacial score (nSPS) is 10.9. The number of esters is 1. The van der Waals surface area contributed by atoms with Crippen LogP contribution in [0.1, 0.15) is 34.0 Å². The molecule has 0 saturated heterocycles. The molecule has 26 heavy (non-hydrogen) atoms. The van der Waals surface area contributed by atoms with Crippen molar-refractivity contribution in [2.45, 2.75) is 27.7 Å². The van der Waals surface area contributed by atoms with E-state index >= 15 is 0 Å². The minimum absolute atomic E-state index is 0.245. The fourth-order valence-corrected chi connectivity index (χ4v) is 3.28. The van der Waals surface area contributed by atoms with Crippen LogP contribution in [0, 0.1) is 20.8 Å². The highest BCUT2D eigenvalue weighted by molar-refractivity contribution is 5.99. The van der Waals surface area contributed by atoms with Gasteiger partial charge in [0.1, 0.15) is 0 Å². The lowest BCUT2D eigenvalue weighted by molar-refractivity contribution is 0.0525. The molecule has 0 atom stereocenters. The second-order valence-corrected chi connectivity index (χ2v) is 6.19. The Kier molecular flexibility index (Phi) is 4.50. The van der Waals surface area contributed by atoms with Gasteiger partial charge in [0, 0.05) is 0 Å². The Bertz CT molecular complexity index is 1140. The second-order valence-electron chi connectivity index (χ2n) is 6.19. The van der Waals surface area contributed by atoms with Crippen molar-refractivity contribution >= 4 is 16.9 Å². The number of nitrogens with one attached hydrogen (secondary N) is 1. The van der Waals surface area contributed by atoms with Crippen molar-refractivity contribution in [3.63, 3.8) is 0 Å². The summed E-state index contributed by atoms with van der Waals surface area (Å²) >= 11 is 0. The molecule has 0 fully saturated rings. The van der Waals surface area contributed by atoms with Crippen molar-refractivity contribution in [3.05, 3.63) is 73.4 Å². The van der Waals surface area contributed by atoms with Crippen LogP contribution in [-0.2, 0) is 4.74 Å². The van der Waals surface area contributed by atoms with E-state index in [2.05, 4.69) is 4.98 Å². The zero-order valence-electron chi connectivity index (χ0n) is 15.2. The van der Waals surface area contributed by atoms with Crippen molar-refractivity contribution in [2.75, 3.05) is 6.61 Å². The number of nitrogens with zero attached hydrogens (tertiary/aromatic N) is 1. The van der Waals surface area contributed by atoms with Gasteiger partial charge in [-0.25, -0.2) is 14.2 Å². The molecule has 0 spiro atoms. The summed E-state index contributed by atoms with van der Waals surface area (Å²) in [6.45, 7) is 7.26. The molecule has 3 aromatic rings. The van der Waals surface area contributed by atoms with E-state index in [9.17, 15) is 14.4 Å². The number of benzene rings is 2. The van der Waals surface area contributed by atoms with E-state index < -0.39 is 17.2 Å². The third-order valence-electron chi connectivity index (χ3n) is 4.47. The van der Waals surface area contributed by atoms with Gasteiger partial charge in [0.2, 0.25) is 0 Å². The number of aromatic amines is 1. The Hall–Kier alpha value is -3.15. The van der Waals surface area contributed by atoms with Crippen LogP contribution in [0.5, 0.6) is 0 Å². The smallest absolute Gasteiger partial charge is 0.338 e. The molecule has 2 aromatic carbocycles. The highest BCUT2D eigenvalue weighted by Crippen LogP contribution is 2.22. The van der Waals surface area contributed by atoms with E-state index in [4.69, 9.17) is 4.74 Å². The second kappa shape index (κ2) is 6.63. The van der Waals surface area contributed by atoms with Crippen molar-refractivity contribution in [3.8, 4) is 5.69 Å². The zero-order valence-corrected chi connectivity index (χ0v) is 15.2. The SMILES string of the molecule is CCOC(=O)c1c(C)cc2[nH]c(=O)n(-c3ccccc3C)c(=O)c2c1C. The van der Waals surface area contributed by atoms with Crippen molar-refractivity contribution < 1.29 is 9.53 Å². The average molecular weight is 352 g/mol. The molecular weight excluding hydrogens is 332 g/mol. The molecule has 0 aliphatic heterocycles. The number of carbonyl (C=O) groups is 1. The van der Waals surface area contributed by atoms with Gasteiger partial charge >= 0.3 is 11.7 Å². The Balaban J connectivity index is 2.42. The first-order valence-electron chi connectivity index (χ1n) is 8.39. The van der Waals surface area contributed by atoms with Crippen molar-refractivity contribution in [2.24, 2.45) is 0 Å². The zero-order chi connectivity index (χ0) is 19.0. The summed E-state index contributed by atoms with van der Waals surface area (Å²) in [7, 11) is 0. The predicted molar refractivity (Wildman–Crippen MR) is 100 cm³/mol. The van der Waals surface area contributed by atoms with Gasteiger partial charge in [-0.05, 0) is 56.5 Å². The molecule has 134 valence electrons. The van der Waals surface area contributed by atoms with Crippen LogP contribution in [0.4, 0.5) is 0 Å². The van der Waals surface area contributed by atoms with Crippen LogP contribution in [0.25, 0.3) is 16.6 Å². The molecule has 0 bridgehead atoms. The monoisotopic (exact) mass is 352 g/mol. The van der Waals surface area contributed by atoms with Gasteiger partial charge in [-0.3, -0.25) is 4.79 Å². The van der Waals surface area contributed by atoms with Gasteiger partial charge in [-0.1, -0.05) is 18.2 Å². The first-order valence-corrected chi connectivity index (χ1v) is 8.39. The molecule has 3 rings (SSSR count). The summed E-state index contributed by atoms with van der Waals surface area (Å²) in [5.74, 6) is -0.475. The number of aryl methyl sites for hydroxylation is 3. The van der Waals surface area contributed by atoms with Gasteiger partial charge in [-0.15, -0.1) is 0 Å². The van der Waals surface area contributed by atoms with Crippen molar-refractivity contribution in [1.29, 1.82) is 0 Å². The quantitative estimate of drug-likeness (QED) is 0.735. The summed E-state index contributed by atoms with van der Waals surface area (Å²) in [4.78, 5) is 40.8. The van der Waals surface area contributed by atoms with Gasteiger partial charge < -0.3 is 9.72 Å². The lowest BCUT2D eigenvalue weighted by Crippen LogP contribution is -2.34. The number of fused-ring (bicyclic) bond motifs is 1. The summed E-state index contributed by atoms with van der Waals surface area (Å²) in [5.41, 5.74) is 2.26. The van der Waals surface area contributed by atoms with Crippen LogP contribution < -0.4 is 11.2 Å². The van der Waals surface area contributed by atoms with Crippen LogP contribution in [0.15, 0.2) is 39.9 Å². The molecule has 1 N–H and O–H groups in total. The molecule has 0 aliphatic carbocycles. The molecule has 6 nitrogen and oxygen atoms in total. The van der Waals surface area contributed by atoms with E-state index in [1.54, 1.807) is 39.0 Å². The maximum Gasteiger partial charge on any atom is 0.338 e. The van der Waals surface area contributed by atoms with E-state index in [0.717, 1.165) is 10.1 Å². The average Bonchev–Trinajstić information content (AvgIpc) is 2.56. The van der Waals surface area contributed by atoms with E-state index in [-0.39, 0.29) is 6.61 Å². The number of aromatic nitrogens is 2. The van der Waals surface area contributed by atoms with E-state index in [0.29, 0.717) is 33.3 Å². The first kappa shape index (κ1) is 17.7. The van der Waals surface area contributed by atoms with Crippen LogP contribution in [0.3, 0.4) is 0 Å². The molecule has 1 aromatic heterocycles. The molecule has 1 heterocycles. The Morgan fingerprint density at radius 1 is 1.12 bits per heavy atom. The fraction of sp³-hybridized carbons (Fsp3) is 0.250. The van der Waals surface area contributed by atoms with Crippen LogP contribution in [0.2, 0.25) is 0 Å². The summed E-state index contributed by atoms with van der Waals surface area (Å²) in [5, 5.41) is 0.307. The predicted octanol–water partition coefficient (Wildman–Crippen LogP) is 2.78. The number of H-pyrrole nitrogens is 1. The minimum atomic E-state index is -0.514. The van der Waals surface area contributed by atoms with Gasteiger partial charge in [0.15, 0.2) is 0 Å². The summed E-state index contributed by atoms with van der Waals surface area (Å²) < 4.78 is 6.22. The first-order chi connectivity index (χ1) is 12.4. The molecular formula is C20H20N2O4. The fourth-order valence-electron chi connectivity index (χ4n) is 3.28. The number of rotatable bonds is 3. The van der Waals surface area contributed by atoms with Gasteiger partial charge in [0.05, 0.1) is 28.8 Å². The molecule has 0 saturated carbocycles. The maximum absolute atomic E-state index is 13.2. The Morgan fingerprint density at radius 3 is 2.46 bits per heavy atom. The number of para-hydroxylation sites is 1. The summed E-state index contributed by atoms with van der Waals surface area (Å²) in [6, 6.07) is 8.79. The molecule has 0 radical (unpaired) electrons. The lowest BCUT2D eigenvalue weighted by Gasteiger charge is -2.14. The third kappa shape index (κ3) is 2.73. The minimum Gasteiger partial charge on any atom is -0.462 e.